The fourth-order valence-electron chi connectivity index (χ4n) is 2.81. The molecule has 1 aliphatic rings. The first-order valence-electron chi connectivity index (χ1n) is 7.13. The number of ether oxygens (including phenoxy) is 1. The SMILES string of the molecule is Cc1nn(C)cc1CNCC1OCCc2ccccc21. The maximum absolute atomic E-state index is 5.89. The summed E-state index contributed by atoms with van der Waals surface area (Å²) in [6.07, 6.45) is 3.25. The van der Waals surface area contributed by atoms with E-state index >= 15 is 0 Å². The number of hydrogen-bond donors (Lipinski definition) is 1. The Balaban J connectivity index is 1.61. The Kier molecular flexibility index (Phi) is 3.85. The molecule has 1 unspecified atom stereocenters. The van der Waals surface area contributed by atoms with Crippen molar-refractivity contribution in [2.24, 2.45) is 7.05 Å². The standard InChI is InChI=1S/C16H21N3O/c1-12-14(11-19(2)18-12)9-17-10-16-15-6-4-3-5-13(15)7-8-20-16/h3-6,11,16-17H,7-10H2,1-2H3. The van der Waals surface area contributed by atoms with Gasteiger partial charge >= 0.3 is 0 Å². The van der Waals surface area contributed by atoms with Crippen LogP contribution < -0.4 is 5.32 Å². The smallest absolute Gasteiger partial charge is 0.0952 e. The lowest BCUT2D eigenvalue weighted by Gasteiger charge is -2.26. The van der Waals surface area contributed by atoms with Crippen LogP contribution in [-0.4, -0.2) is 22.9 Å². The third-order valence-corrected chi connectivity index (χ3v) is 3.85. The molecule has 20 heavy (non-hydrogen) atoms. The van der Waals surface area contributed by atoms with Gasteiger partial charge in [-0.15, -0.1) is 0 Å². The van der Waals surface area contributed by atoms with Crippen LogP contribution in [0.5, 0.6) is 0 Å². The fourth-order valence-corrected chi connectivity index (χ4v) is 2.81. The summed E-state index contributed by atoms with van der Waals surface area (Å²) in [6, 6.07) is 8.58. The molecular formula is C16H21N3O. The Bertz CT molecular complexity index is 591. The Labute approximate surface area is 119 Å². The molecule has 1 atom stereocenters. The molecular weight excluding hydrogens is 250 g/mol. The maximum atomic E-state index is 5.89. The van der Waals surface area contributed by atoms with Crippen molar-refractivity contribution in [3.8, 4) is 0 Å². The number of nitrogens with one attached hydrogen (secondary N) is 1. The van der Waals surface area contributed by atoms with Gasteiger partial charge in [0, 0.05) is 31.9 Å². The minimum atomic E-state index is 0.164. The number of aromatic nitrogens is 2. The van der Waals surface area contributed by atoms with E-state index in [2.05, 4.69) is 40.9 Å². The monoisotopic (exact) mass is 271 g/mol. The average Bonchev–Trinajstić information content (AvgIpc) is 2.77. The summed E-state index contributed by atoms with van der Waals surface area (Å²) in [5, 5.41) is 7.85. The lowest BCUT2D eigenvalue weighted by molar-refractivity contribution is 0.0423. The van der Waals surface area contributed by atoms with Gasteiger partial charge in [0.25, 0.3) is 0 Å². The number of rotatable bonds is 4. The molecule has 106 valence electrons. The van der Waals surface area contributed by atoms with Crippen molar-refractivity contribution in [2.45, 2.75) is 26.0 Å². The predicted molar refractivity (Wildman–Crippen MR) is 78.5 cm³/mol. The van der Waals surface area contributed by atoms with Crippen molar-refractivity contribution in [1.82, 2.24) is 15.1 Å². The van der Waals surface area contributed by atoms with E-state index in [1.54, 1.807) is 0 Å². The molecule has 1 N–H and O–H groups in total. The van der Waals surface area contributed by atoms with Crippen LogP contribution in [0.25, 0.3) is 0 Å². The zero-order chi connectivity index (χ0) is 13.9. The molecule has 0 aliphatic carbocycles. The summed E-state index contributed by atoms with van der Waals surface area (Å²) >= 11 is 0. The van der Waals surface area contributed by atoms with E-state index in [-0.39, 0.29) is 6.10 Å². The highest BCUT2D eigenvalue weighted by Gasteiger charge is 2.19. The van der Waals surface area contributed by atoms with Gasteiger partial charge in [-0.05, 0) is 24.5 Å². The molecule has 4 heteroatoms. The zero-order valence-corrected chi connectivity index (χ0v) is 12.1. The van der Waals surface area contributed by atoms with Gasteiger partial charge in [-0.3, -0.25) is 4.68 Å². The van der Waals surface area contributed by atoms with Gasteiger partial charge in [0.05, 0.1) is 18.4 Å². The number of hydrogen-bond acceptors (Lipinski definition) is 3. The fraction of sp³-hybridized carbons (Fsp3) is 0.438. The first-order valence-corrected chi connectivity index (χ1v) is 7.13. The topological polar surface area (TPSA) is 39.1 Å². The van der Waals surface area contributed by atoms with E-state index < -0.39 is 0 Å². The van der Waals surface area contributed by atoms with E-state index in [1.807, 2.05) is 18.7 Å². The predicted octanol–water partition coefficient (Wildman–Crippen LogP) is 2.13. The number of nitrogens with zero attached hydrogens (tertiary/aromatic N) is 2. The summed E-state index contributed by atoms with van der Waals surface area (Å²) in [6.45, 7) is 4.53. The van der Waals surface area contributed by atoms with E-state index in [1.165, 1.54) is 16.7 Å². The van der Waals surface area contributed by atoms with Gasteiger partial charge in [-0.25, -0.2) is 0 Å². The molecule has 0 saturated heterocycles. The summed E-state index contributed by atoms with van der Waals surface area (Å²) in [5.74, 6) is 0. The van der Waals surface area contributed by atoms with Gasteiger partial charge in [-0.2, -0.15) is 5.10 Å². The number of fused-ring (bicyclic) bond motifs is 1. The van der Waals surface area contributed by atoms with Gasteiger partial charge in [-0.1, -0.05) is 24.3 Å². The van der Waals surface area contributed by atoms with Crippen molar-refractivity contribution in [2.75, 3.05) is 13.2 Å². The van der Waals surface area contributed by atoms with Crippen molar-refractivity contribution < 1.29 is 4.74 Å². The van der Waals surface area contributed by atoms with Gasteiger partial charge in [0.2, 0.25) is 0 Å². The first kappa shape index (κ1) is 13.3. The Morgan fingerprint density at radius 1 is 1.40 bits per heavy atom. The van der Waals surface area contributed by atoms with Gasteiger partial charge in [0.1, 0.15) is 0 Å². The largest absolute Gasteiger partial charge is 0.372 e. The third-order valence-electron chi connectivity index (χ3n) is 3.85. The van der Waals surface area contributed by atoms with E-state index in [9.17, 15) is 0 Å². The summed E-state index contributed by atoms with van der Waals surface area (Å²) in [7, 11) is 1.96. The Hall–Kier alpha value is -1.65. The van der Waals surface area contributed by atoms with Gasteiger partial charge in [0.15, 0.2) is 0 Å². The van der Waals surface area contributed by atoms with Crippen molar-refractivity contribution in [3.63, 3.8) is 0 Å². The minimum Gasteiger partial charge on any atom is -0.372 e. The van der Waals surface area contributed by atoms with Crippen molar-refractivity contribution in [1.29, 1.82) is 0 Å². The molecule has 0 radical (unpaired) electrons. The minimum absolute atomic E-state index is 0.164. The second-order valence-corrected chi connectivity index (χ2v) is 5.35. The molecule has 0 saturated carbocycles. The molecule has 3 rings (SSSR count). The average molecular weight is 271 g/mol. The molecule has 0 spiro atoms. The van der Waals surface area contributed by atoms with Crippen molar-refractivity contribution in [3.05, 3.63) is 52.8 Å². The van der Waals surface area contributed by atoms with Crippen molar-refractivity contribution >= 4 is 0 Å². The highest BCUT2D eigenvalue weighted by molar-refractivity contribution is 5.31. The lowest BCUT2D eigenvalue weighted by atomic mass is 9.97. The normalized spacial score (nSPS) is 18.0. The van der Waals surface area contributed by atoms with Crippen LogP contribution in [-0.2, 0) is 24.8 Å². The zero-order valence-electron chi connectivity index (χ0n) is 12.1. The Morgan fingerprint density at radius 3 is 3.05 bits per heavy atom. The molecule has 1 aliphatic heterocycles. The Morgan fingerprint density at radius 2 is 2.25 bits per heavy atom. The van der Waals surface area contributed by atoms with Gasteiger partial charge < -0.3 is 10.1 Å². The van der Waals surface area contributed by atoms with Crippen LogP contribution in [0, 0.1) is 6.92 Å². The van der Waals surface area contributed by atoms with E-state index in [0.29, 0.717) is 0 Å². The molecule has 4 nitrogen and oxygen atoms in total. The second kappa shape index (κ2) is 5.77. The first-order chi connectivity index (χ1) is 9.74. The summed E-state index contributed by atoms with van der Waals surface area (Å²) in [5.41, 5.74) is 5.08. The molecule has 0 fully saturated rings. The number of aryl methyl sites for hydroxylation is 2. The lowest BCUT2D eigenvalue weighted by Crippen LogP contribution is -2.27. The number of benzene rings is 1. The molecule has 1 aromatic heterocycles. The summed E-state index contributed by atoms with van der Waals surface area (Å²) < 4.78 is 7.75. The summed E-state index contributed by atoms with van der Waals surface area (Å²) in [4.78, 5) is 0. The maximum Gasteiger partial charge on any atom is 0.0952 e. The van der Waals surface area contributed by atoms with Crippen LogP contribution in [0.1, 0.15) is 28.5 Å². The molecule has 1 aromatic carbocycles. The highest BCUT2D eigenvalue weighted by Crippen LogP contribution is 2.26. The van der Waals surface area contributed by atoms with Crippen LogP contribution in [0.2, 0.25) is 0 Å². The van der Waals surface area contributed by atoms with Crippen LogP contribution >= 0.6 is 0 Å². The van der Waals surface area contributed by atoms with E-state index in [4.69, 9.17) is 4.74 Å². The molecule has 2 aromatic rings. The highest BCUT2D eigenvalue weighted by atomic mass is 16.5. The quantitative estimate of drug-likeness (QED) is 0.926. The molecule has 2 heterocycles. The molecule has 0 amide bonds. The second-order valence-electron chi connectivity index (χ2n) is 5.35. The van der Waals surface area contributed by atoms with Crippen LogP contribution in [0.4, 0.5) is 0 Å². The van der Waals surface area contributed by atoms with Crippen LogP contribution in [0.15, 0.2) is 30.5 Å². The van der Waals surface area contributed by atoms with Crippen LogP contribution in [0.3, 0.4) is 0 Å². The van der Waals surface area contributed by atoms with E-state index in [0.717, 1.165) is 31.8 Å². The third kappa shape index (κ3) is 2.76. The molecule has 0 bridgehead atoms.